The molecular formula is C15H12BrCl2I. The van der Waals surface area contributed by atoms with E-state index < -0.39 is 0 Å². The number of halogens is 4. The molecule has 0 saturated carbocycles. The Labute approximate surface area is 145 Å². The van der Waals surface area contributed by atoms with E-state index in [1.807, 2.05) is 25.1 Å². The van der Waals surface area contributed by atoms with Gasteiger partial charge in [-0.25, -0.2) is 0 Å². The minimum Gasteiger partial charge on any atom is -0.0840 e. The number of hydrogen-bond acceptors (Lipinski definition) is 0. The number of rotatable bonds is 2. The van der Waals surface area contributed by atoms with Crippen LogP contribution in [0.2, 0.25) is 10.0 Å². The fraction of sp³-hybridized carbons (Fsp3) is 0.200. The lowest BCUT2D eigenvalue weighted by atomic mass is 9.98. The van der Waals surface area contributed by atoms with Crippen molar-refractivity contribution in [3.8, 4) is 0 Å². The molecule has 0 bridgehead atoms. The highest BCUT2D eigenvalue weighted by atomic mass is 127. The standard InChI is InChI=1S/C15H12BrCl2I/c1-8-6-12(17)9(2)5-11(8)15(16)10-3-4-14(19)13(18)7-10/h3-7,15H,1-2H3. The summed E-state index contributed by atoms with van der Waals surface area (Å²) in [6, 6.07) is 10.3. The maximum Gasteiger partial charge on any atom is 0.0647 e. The minimum atomic E-state index is 0.123. The van der Waals surface area contributed by atoms with Gasteiger partial charge in [0.2, 0.25) is 0 Å². The molecule has 0 saturated heterocycles. The van der Waals surface area contributed by atoms with Crippen LogP contribution >= 0.6 is 61.7 Å². The zero-order valence-electron chi connectivity index (χ0n) is 10.5. The predicted molar refractivity (Wildman–Crippen MR) is 95.9 cm³/mol. The molecule has 2 aromatic rings. The van der Waals surface area contributed by atoms with Gasteiger partial charge >= 0.3 is 0 Å². The normalized spacial score (nSPS) is 12.5. The minimum absolute atomic E-state index is 0.123. The lowest BCUT2D eigenvalue weighted by Gasteiger charge is -2.16. The number of hydrogen-bond donors (Lipinski definition) is 0. The van der Waals surface area contributed by atoms with Crippen LogP contribution in [0, 0.1) is 17.4 Å². The number of alkyl halides is 1. The van der Waals surface area contributed by atoms with Crippen molar-refractivity contribution in [2.75, 3.05) is 0 Å². The van der Waals surface area contributed by atoms with Crippen LogP contribution in [0.1, 0.15) is 27.1 Å². The second-order valence-corrected chi connectivity index (χ2v) is 7.39. The van der Waals surface area contributed by atoms with Gasteiger partial charge in [0, 0.05) is 8.59 Å². The molecule has 2 rings (SSSR count). The molecule has 0 aliphatic carbocycles. The van der Waals surface area contributed by atoms with Gasteiger partial charge in [0.25, 0.3) is 0 Å². The van der Waals surface area contributed by atoms with Crippen LogP contribution in [0.15, 0.2) is 30.3 Å². The van der Waals surface area contributed by atoms with E-state index in [4.69, 9.17) is 23.2 Å². The van der Waals surface area contributed by atoms with Gasteiger partial charge in [0.15, 0.2) is 0 Å². The summed E-state index contributed by atoms with van der Waals surface area (Å²) in [5.41, 5.74) is 4.63. The van der Waals surface area contributed by atoms with E-state index in [2.05, 4.69) is 57.6 Å². The second kappa shape index (κ2) is 6.33. The van der Waals surface area contributed by atoms with E-state index in [-0.39, 0.29) is 4.83 Å². The zero-order valence-corrected chi connectivity index (χ0v) is 15.7. The molecule has 19 heavy (non-hydrogen) atoms. The molecule has 0 aromatic heterocycles. The van der Waals surface area contributed by atoms with Gasteiger partial charge in [0.1, 0.15) is 0 Å². The summed E-state index contributed by atoms with van der Waals surface area (Å²) in [7, 11) is 0. The summed E-state index contributed by atoms with van der Waals surface area (Å²) in [4.78, 5) is 0.123. The molecule has 0 nitrogen and oxygen atoms in total. The molecule has 0 spiro atoms. The SMILES string of the molecule is Cc1cc(C(Br)c2ccc(I)c(Cl)c2)c(C)cc1Cl. The van der Waals surface area contributed by atoms with Crippen molar-refractivity contribution in [3.63, 3.8) is 0 Å². The monoisotopic (exact) mass is 468 g/mol. The van der Waals surface area contributed by atoms with E-state index in [1.165, 1.54) is 11.1 Å². The number of aryl methyl sites for hydroxylation is 2. The van der Waals surface area contributed by atoms with E-state index in [0.717, 1.165) is 24.7 Å². The Balaban J connectivity index is 2.46. The van der Waals surface area contributed by atoms with Gasteiger partial charge in [-0.05, 0) is 76.9 Å². The van der Waals surface area contributed by atoms with Crippen molar-refractivity contribution in [3.05, 3.63) is 66.2 Å². The summed E-state index contributed by atoms with van der Waals surface area (Å²) < 4.78 is 1.06. The Morgan fingerprint density at radius 2 is 1.68 bits per heavy atom. The average molecular weight is 470 g/mol. The van der Waals surface area contributed by atoms with E-state index in [9.17, 15) is 0 Å². The first-order chi connectivity index (χ1) is 8.90. The molecule has 0 N–H and O–H groups in total. The quantitative estimate of drug-likeness (QED) is 0.339. The van der Waals surface area contributed by atoms with Crippen LogP contribution in [0.3, 0.4) is 0 Å². The Kier molecular flexibility index (Phi) is 5.21. The molecule has 1 unspecified atom stereocenters. The van der Waals surface area contributed by atoms with Gasteiger partial charge in [0.05, 0.1) is 9.85 Å². The molecule has 0 aliphatic rings. The molecule has 0 amide bonds. The van der Waals surface area contributed by atoms with Crippen molar-refractivity contribution in [1.82, 2.24) is 0 Å². The third kappa shape index (κ3) is 3.46. The molecular weight excluding hydrogens is 458 g/mol. The fourth-order valence-electron chi connectivity index (χ4n) is 1.93. The molecule has 0 heterocycles. The van der Waals surface area contributed by atoms with Gasteiger partial charge in [-0.2, -0.15) is 0 Å². The maximum absolute atomic E-state index is 6.19. The summed E-state index contributed by atoms with van der Waals surface area (Å²) in [6.07, 6.45) is 0. The van der Waals surface area contributed by atoms with Crippen LogP contribution in [0.25, 0.3) is 0 Å². The van der Waals surface area contributed by atoms with Crippen molar-refractivity contribution in [2.45, 2.75) is 18.7 Å². The number of benzene rings is 2. The molecule has 1 atom stereocenters. The van der Waals surface area contributed by atoms with E-state index >= 15 is 0 Å². The lowest BCUT2D eigenvalue weighted by molar-refractivity contribution is 1.13. The highest BCUT2D eigenvalue weighted by molar-refractivity contribution is 14.1. The van der Waals surface area contributed by atoms with Crippen LogP contribution in [-0.4, -0.2) is 0 Å². The molecule has 2 aromatic carbocycles. The van der Waals surface area contributed by atoms with Crippen LogP contribution in [0.5, 0.6) is 0 Å². The first-order valence-corrected chi connectivity index (χ1v) is 8.51. The van der Waals surface area contributed by atoms with E-state index in [1.54, 1.807) is 0 Å². The summed E-state index contributed by atoms with van der Waals surface area (Å²) >= 11 is 18.3. The summed E-state index contributed by atoms with van der Waals surface area (Å²) in [5.74, 6) is 0. The third-order valence-corrected chi connectivity index (χ3v) is 6.06. The van der Waals surface area contributed by atoms with Gasteiger partial charge in [-0.3, -0.25) is 0 Å². The molecule has 0 aliphatic heterocycles. The Hall–Kier alpha value is 0.230. The largest absolute Gasteiger partial charge is 0.0840 e. The predicted octanol–water partition coefficient (Wildman–Crippen LogP) is 6.70. The van der Waals surface area contributed by atoms with E-state index in [0.29, 0.717) is 0 Å². The first-order valence-electron chi connectivity index (χ1n) is 5.76. The molecule has 0 fully saturated rings. The smallest absolute Gasteiger partial charge is 0.0647 e. The Morgan fingerprint density at radius 3 is 2.32 bits per heavy atom. The van der Waals surface area contributed by atoms with Crippen LogP contribution in [-0.2, 0) is 0 Å². The molecule has 4 heteroatoms. The molecule has 0 radical (unpaired) electrons. The third-order valence-electron chi connectivity index (χ3n) is 3.06. The van der Waals surface area contributed by atoms with Crippen molar-refractivity contribution < 1.29 is 0 Å². The summed E-state index contributed by atoms with van der Waals surface area (Å²) in [5, 5.41) is 1.59. The highest BCUT2D eigenvalue weighted by Crippen LogP contribution is 2.36. The van der Waals surface area contributed by atoms with Crippen molar-refractivity contribution in [1.29, 1.82) is 0 Å². The second-order valence-electron chi connectivity index (χ2n) is 4.49. The topological polar surface area (TPSA) is 0 Å². The van der Waals surface area contributed by atoms with Crippen LogP contribution < -0.4 is 0 Å². The Morgan fingerprint density at radius 1 is 1.00 bits per heavy atom. The maximum atomic E-state index is 6.19. The Bertz CT molecular complexity index is 626. The first kappa shape index (κ1) is 15.6. The fourth-order valence-corrected chi connectivity index (χ4v) is 3.45. The van der Waals surface area contributed by atoms with Gasteiger partial charge < -0.3 is 0 Å². The average Bonchev–Trinajstić information content (AvgIpc) is 2.36. The van der Waals surface area contributed by atoms with Crippen molar-refractivity contribution in [2.24, 2.45) is 0 Å². The van der Waals surface area contributed by atoms with Crippen LogP contribution in [0.4, 0.5) is 0 Å². The molecule has 100 valence electrons. The summed E-state index contributed by atoms with van der Waals surface area (Å²) in [6.45, 7) is 4.09. The van der Waals surface area contributed by atoms with Gasteiger partial charge in [-0.15, -0.1) is 0 Å². The zero-order chi connectivity index (χ0) is 14.2. The van der Waals surface area contributed by atoms with Crippen molar-refractivity contribution >= 4 is 61.7 Å². The lowest BCUT2D eigenvalue weighted by Crippen LogP contribution is -1.97. The highest BCUT2D eigenvalue weighted by Gasteiger charge is 2.15. The van der Waals surface area contributed by atoms with Gasteiger partial charge in [-0.1, -0.05) is 51.3 Å².